The van der Waals surface area contributed by atoms with Crippen LogP contribution in [-0.2, 0) is 16.0 Å². The molecule has 2 atom stereocenters. The van der Waals surface area contributed by atoms with E-state index in [9.17, 15) is 15.3 Å². The quantitative estimate of drug-likeness (QED) is 0.360. The van der Waals surface area contributed by atoms with Crippen LogP contribution in [0.3, 0.4) is 0 Å². The van der Waals surface area contributed by atoms with Crippen molar-refractivity contribution in [3.05, 3.63) is 71.0 Å². The Labute approximate surface area is 251 Å². The van der Waals surface area contributed by atoms with Crippen molar-refractivity contribution in [2.75, 3.05) is 54.7 Å². The fourth-order valence-electron chi connectivity index (χ4n) is 5.79. The first kappa shape index (κ1) is 29.6. The number of carbonyl (C=O) groups is 1. The molecular weight excluding hydrogens is 546 g/mol. The fraction of sp³-hybridized carbons (Fsp3) is 0.406. The van der Waals surface area contributed by atoms with E-state index in [4.69, 9.17) is 24.2 Å². The summed E-state index contributed by atoms with van der Waals surface area (Å²) >= 11 is 0. The first-order valence-electron chi connectivity index (χ1n) is 14.5. The Hall–Kier alpha value is -4.87. The van der Waals surface area contributed by atoms with E-state index in [2.05, 4.69) is 28.9 Å². The van der Waals surface area contributed by atoms with Gasteiger partial charge in [0.1, 0.15) is 5.75 Å². The Kier molecular flexibility index (Phi) is 9.23. The number of methoxy groups -OCH3 is 1. The van der Waals surface area contributed by atoms with Gasteiger partial charge in [-0.05, 0) is 61.7 Å². The van der Waals surface area contributed by atoms with Crippen molar-refractivity contribution in [1.29, 1.82) is 10.5 Å². The molecule has 1 unspecified atom stereocenters. The number of carbonyl (C=O) groups excluding carboxylic acids is 1. The smallest absolute Gasteiger partial charge is 0.414 e. The van der Waals surface area contributed by atoms with E-state index in [0.717, 1.165) is 35.6 Å². The summed E-state index contributed by atoms with van der Waals surface area (Å²) < 4.78 is 16.6. The van der Waals surface area contributed by atoms with Gasteiger partial charge in [0, 0.05) is 31.2 Å². The molecule has 2 aliphatic heterocycles. The third kappa shape index (κ3) is 6.32. The van der Waals surface area contributed by atoms with Crippen LogP contribution in [0.25, 0.3) is 0 Å². The Morgan fingerprint density at radius 3 is 2.37 bits per heavy atom. The molecule has 1 amide bonds. The Balaban J connectivity index is 1.62. The number of hydrogen-bond donors (Lipinski definition) is 0. The summed E-state index contributed by atoms with van der Waals surface area (Å²) in [5, 5.41) is 19.3. The number of aromatic nitrogens is 2. The summed E-state index contributed by atoms with van der Waals surface area (Å²) in [4.78, 5) is 28.9. The van der Waals surface area contributed by atoms with Crippen molar-refractivity contribution < 1.29 is 19.0 Å². The van der Waals surface area contributed by atoms with Crippen LogP contribution in [0, 0.1) is 22.7 Å². The number of fused-ring (bicyclic) bond motifs is 1. The zero-order valence-electron chi connectivity index (χ0n) is 24.7. The SMILES string of the molecule is CCOC(=O)N1c2ccc(OC)cc2C(N(Cc2cc(C#N)cc(C#N)c2)c2ncc(N3CCOCC3)cn2)C[C@H]1CC. The number of amides is 1. The minimum atomic E-state index is -0.391. The molecule has 1 fully saturated rings. The predicted octanol–water partition coefficient (Wildman–Crippen LogP) is 4.96. The minimum absolute atomic E-state index is 0.153. The number of hydrogen-bond acceptors (Lipinski definition) is 10. The molecule has 0 aliphatic carbocycles. The Morgan fingerprint density at radius 2 is 1.77 bits per heavy atom. The number of benzene rings is 2. The highest BCUT2D eigenvalue weighted by Crippen LogP contribution is 2.44. The molecule has 5 rings (SSSR count). The van der Waals surface area contributed by atoms with E-state index in [1.165, 1.54) is 0 Å². The summed E-state index contributed by atoms with van der Waals surface area (Å²) in [6, 6.07) is 14.7. The van der Waals surface area contributed by atoms with E-state index in [1.54, 1.807) is 37.1 Å². The van der Waals surface area contributed by atoms with Crippen LogP contribution in [0.5, 0.6) is 5.75 Å². The van der Waals surface area contributed by atoms with Crippen LogP contribution >= 0.6 is 0 Å². The lowest BCUT2D eigenvalue weighted by molar-refractivity contribution is 0.122. The van der Waals surface area contributed by atoms with Gasteiger partial charge in [-0.1, -0.05) is 6.92 Å². The molecule has 2 aliphatic rings. The summed E-state index contributed by atoms with van der Waals surface area (Å²) in [6.45, 7) is 7.29. The van der Waals surface area contributed by atoms with Crippen molar-refractivity contribution in [2.45, 2.75) is 45.3 Å². The maximum atomic E-state index is 13.2. The van der Waals surface area contributed by atoms with Gasteiger partial charge < -0.3 is 24.0 Å². The Bertz CT molecular complexity index is 1490. The number of ether oxygens (including phenoxy) is 3. The monoisotopic (exact) mass is 581 g/mol. The third-order valence-electron chi connectivity index (χ3n) is 7.89. The lowest BCUT2D eigenvalue weighted by atomic mass is 9.88. The number of nitrogens with zero attached hydrogens (tertiary/aromatic N) is 7. The van der Waals surface area contributed by atoms with Crippen LogP contribution < -0.4 is 19.4 Å². The van der Waals surface area contributed by atoms with Crippen LogP contribution in [0.4, 0.5) is 22.1 Å². The number of anilines is 3. The van der Waals surface area contributed by atoms with Gasteiger partial charge in [0.15, 0.2) is 0 Å². The zero-order chi connectivity index (χ0) is 30.3. The summed E-state index contributed by atoms with van der Waals surface area (Å²) in [7, 11) is 1.61. The Morgan fingerprint density at radius 1 is 1.07 bits per heavy atom. The molecule has 11 nitrogen and oxygen atoms in total. The summed E-state index contributed by atoms with van der Waals surface area (Å²) in [5.74, 6) is 1.15. The highest BCUT2D eigenvalue weighted by Gasteiger charge is 2.39. The molecular formula is C32H35N7O4. The van der Waals surface area contributed by atoms with E-state index in [-0.39, 0.29) is 18.7 Å². The van der Waals surface area contributed by atoms with E-state index in [1.807, 2.05) is 30.6 Å². The maximum Gasteiger partial charge on any atom is 0.414 e. The van der Waals surface area contributed by atoms with Gasteiger partial charge in [0.05, 0.1) is 80.0 Å². The molecule has 3 heterocycles. The summed E-state index contributed by atoms with van der Waals surface area (Å²) in [5.41, 5.74) is 4.11. The van der Waals surface area contributed by atoms with Gasteiger partial charge in [0.25, 0.3) is 0 Å². The van der Waals surface area contributed by atoms with Gasteiger partial charge in [-0.25, -0.2) is 14.8 Å². The molecule has 0 radical (unpaired) electrons. The van der Waals surface area contributed by atoms with Crippen LogP contribution in [0.15, 0.2) is 48.8 Å². The first-order valence-corrected chi connectivity index (χ1v) is 14.5. The van der Waals surface area contributed by atoms with E-state index >= 15 is 0 Å². The third-order valence-corrected chi connectivity index (χ3v) is 7.89. The fourth-order valence-corrected chi connectivity index (χ4v) is 5.79. The summed E-state index contributed by atoms with van der Waals surface area (Å²) in [6.07, 6.45) is 4.54. The largest absolute Gasteiger partial charge is 0.497 e. The highest BCUT2D eigenvalue weighted by atomic mass is 16.6. The number of morpholine rings is 1. The number of rotatable bonds is 8. The van der Waals surface area contributed by atoms with Gasteiger partial charge >= 0.3 is 6.09 Å². The molecule has 11 heteroatoms. The van der Waals surface area contributed by atoms with Crippen molar-refractivity contribution in [2.24, 2.45) is 0 Å². The lowest BCUT2D eigenvalue weighted by Gasteiger charge is -2.44. The van der Waals surface area contributed by atoms with E-state index < -0.39 is 6.09 Å². The van der Waals surface area contributed by atoms with Gasteiger partial charge in [-0.2, -0.15) is 10.5 Å². The molecule has 0 spiro atoms. The first-order chi connectivity index (χ1) is 21.0. The van der Waals surface area contributed by atoms with Crippen LogP contribution in [0.2, 0.25) is 0 Å². The molecule has 0 bridgehead atoms. The minimum Gasteiger partial charge on any atom is -0.497 e. The second kappa shape index (κ2) is 13.4. The van der Waals surface area contributed by atoms with Gasteiger partial charge in [-0.3, -0.25) is 4.90 Å². The maximum absolute atomic E-state index is 13.2. The van der Waals surface area contributed by atoms with Crippen molar-refractivity contribution in [1.82, 2.24) is 9.97 Å². The van der Waals surface area contributed by atoms with Crippen molar-refractivity contribution in [3.8, 4) is 17.9 Å². The second-order valence-electron chi connectivity index (χ2n) is 10.4. The van der Waals surface area contributed by atoms with Crippen molar-refractivity contribution in [3.63, 3.8) is 0 Å². The highest BCUT2D eigenvalue weighted by molar-refractivity contribution is 5.90. The lowest BCUT2D eigenvalue weighted by Crippen LogP contribution is -2.48. The molecule has 43 heavy (non-hydrogen) atoms. The topological polar surface area (TPSA) is 128 Å². The molecule has 1 aromatic heterocycles. The van der Waals surface area contributed by atoms with Gasteiger partial charge in [-0.15, -0.1) is 0 Å². The number of nitriles is 2. The molecule has 0 saturated carbocycles. The molecule has 3 aromatic rings. The average molecular weight is 582 g/mol. The normalized spacial score (nSPS) is 17.8. The molecule has 2 aromatic carbocycles. The predicted molar refractivity (Wildman–Crippen MR) is 161 cm³/mol. The van der Waals surface area contributed by atoms with Crippen LogP contribution in [0.1, 0.15) is 55.0 Å². The average Bonchev–Trinajstić information content (AvgIpc) is 3.06. The van der Waals surface area contributed by atoms with E-state index in [0.29, 0.717) is 55.4 Å². The standard InChI is InChI=1S/C32H35N7O4/c1-4-25-15-30(28-16-27(41-3)6-7-29(28)39(25)32(40)43-5-2)38(21-24-13-22(17-33)12-23(14-24)18-34)31-35-19-26(20-36-31)37-8-10-42-11-9-37/h6-7,12-14,16,19-20,25,30H,4-5,8-11,15,21H2,1-3H3/t25-,30?/m1/s1. The molecule has 1 saturated heterocycles. The van der Waals surface area contributed by atoms with Gasteiger partial charge in [0.2, 0.25) is 5.95 Å². The van der Waals surface area contributed by atoms with Crippen molar-refractivity contribution >= 4 is 23.4 Å². The zero-order valence-corrected chi connectivity index (χ0v) is 24.7. The van der Waals surface area contributed by atoms with Crippen LogP contribution in [-0.4, -0.2) is 62.1 Å². The molecule has 222 valence electrons. The molecule has 0 N–H and O–H groups in total. The second-order valence-corrected chi connectivity index (χ2v) is 10.4.